The lowest BCUT2D eigenvalue weighted by Gasteiger charge is -2.11. The molecule has 4 heterocycles. The highest BCUT2D eigenvalue weighted by Gasteiger charge is 2.23. The van der Waals surface area contributed by atoms with Crippen LogP contribution in [0.1, 0.15) is 0 Å². The number of fused-ring (bicyclic) bond motifs is 9. The fourth-order valence-corrected chi connectivity index (χ4v) is 9.87. The Kier molecular flexibility index (Phi) is 7.03. The van der Waals surface area contributed by atoms with Gasteiger partial charge < -0.3 is 8.98 Å². The molecule has 0 spiro atoms. The molecule has 0 radical (unpaired) electrons. The van der Waals surface area contributed by atoms with Crippen LogP contribution in [0.15, 0.2) is 186 Å². The van der Waals surface area contributed by atoms with Crippen molar-refractivity contribution in [2.45, 2.75) is 0 Å². The minimum Gasteiger partial charge on any atom is -0.456 e. The highest BCUT2D eigenvalue weighted by Crippen LogP contribution is 2.47. The summed E-state index contributed by atoms with van der Waals surface area (Å²) in [5, 5.41) is 7.01. The molecule has 8 aromatic carbocycles. The molecule has 57 heavy (non-hydrogen) atoms. The number of rotatable bonds is 5. The average Bonchev–Trinajstić information content (AvgIpc) is 3.97. The van der Waals surface area contributed by atoms with E-state index in [4.69, 9.17) is 19.4 Å². The van der Waals surface area contributed by atoms with Crippen LogP contribution >= 0.6 is 11.3 Å². The number of hydrogen-bond donors (Lipinski definition) is 0. The molecule has 0 fully saturated rings. The molecule has 0 N–H and O–H groups in total. The summed E-state index contributed by atoms with van der Waals surface area (Å²) in [4.78, 5) is 15.2. The molecule has 266 valence electrons. The number of thiophene rings is 1. The lowest BCUT2D eigenvalue weighted by molar-refractivity contribution is 0.669. The third kappa shape index (κ3) is 4.91. The van der Waals surface area contributed by atoms with Crippen LogP contribution in [0.5, 0.6) is 0 Å². The summed E-state index contributed by atoms with van der Waals surface area (Å²) < 4.78 is 11.6. The van der Waals surface area contributed by atoms with Gasteiger partial charge in [-0.05, 0) is 42.0 Å². The summed E-state index contributed by atoms with van der Waals surface area (Å²) in [6, 6.07) is 63.6. The third-order valence-electron chi connectivity index (χ3n) is 11.1. The highest BCUT2D eigenvalue weighted by molar-refractivity contribution is 7.26. The molecule has 4 aromatic heterocycles. The van der Waals surface area contributed by atoms with Crippen LogP contribution in [0.25, 0.3) is 115 Å². The molecule has 0 atom stereocenters. The van der Waals surface area contributed by atoms with Crippen molar-refractivity contribution >= 4 is 75.3 Å². The Hall–Kier alpha value is -7.41. The Morgan fingerprint density at radius 2 is 0.895 bits per heavy atom. The number of aromatic nitrogens is 4. The largest absolute Gasteiger partial charge is 0.456 e. The Balaban J connectivity index is 1.11. The van der Waals surface area contributed by atoms with Gasteiger partial charge in [-0.3, -0.25) is 0 Å². The second-order valence-electron chi connectivity index (χ2n) is 14.3. The van der Waals surface area contributed by atoms with Gasteiger partial charge in [-0.15, -0.1) is 11.3 Å². The van der Waals surface area contributed by atoms with Crippen molar-refractivity contribution in [2.75, 3.05) is 0 Å². The lowest BCUT2D eigenvalue weighted by Crippen LogP contribution is -2.00. The molecule has 0 amide bonds. The van der Waals surface area contributed by atoms with Crippen molar-refractivity contribution in [1.29, 1.82) is 0 Å². The first-order valence-electron chi connectivity index (χ1n) is 19.0. The van der Waals surface area contributed by atoms with Crippen molar-refractivity contribution in [3.63, 3.8) is 0 Å². The Bertz CT molecular complexity index is 3420. The normalized spacial score (nSPS) is 11.9. The molecule has 5 nitrogen and oxygen atoms in total. The van der Waals surface area contributed by atoms with Crippen molar-refractivity contribution in [1.82, 2.24) is 19.5 Å². The van der Waals surface area contributed by atoms with Gasteiger partial charge in [0, 0.05) is 64.0 Å². The van der Waals surface area contributed by atoms with Gasteiger partial charge in [0.25, 0.3) is 0 Å². The SMILES string of the molecule is c1ccc(-c2nc(-c3ccccc3)nc(-c3cccc4oc5cccc(-c6cccc7c6sc6cccc(-n8c9ccccc9c9ccccc98)c67)c5c34)n2)cc1. The maximum Gasteiger partial charge on any atom is 0.164 e. The maximum absolute atomic E-state index is 6.66. The highest BCUT2D eigenvalue weighted by atomic mass is 32.1. The first-order chi connectivity index (χ1) is 28.3. The summed E-state index contributed by atoms with van der Waals surface area (Å²) in [5.41, 5.74) is 10.2. The lowest BCUT2D eigenvalue weighted by atomic mass is 9.96. The van der Waals surface area contributed by atoms with E-state index in [0.29, 0.717) is 17.5 Å². The number of hydrogen-bond acceptors (Lipinski definition) is 5. The average molecular weight is 747 g/mol. The van der Waals surface area contributed by atoms with Crippen LogP contribution < -0.4 is 0 Å². The van der Waals surface area contributed by atoms with Crippen molar-refractivity contribution in [2.24, 2.45) is 0 Å². The van der Waals surface area contributed by atoms with Gasteiger partial charge in [-0.2, -0.15) is 0 Å². The van der Waals surface area contributed by atoms with E-state index in [1.807, 2.05) is 84.1 Å². The zero-order valence-electron chi connectivity index (χ0n) is 30.4. The van der Waals surface area contributed by atoms with Crippen LogP contribution in [-0.2, 0) is 0 Å². The quantitative estimate of drug-likeness (QED) is 0.176. The molecular weight excluding hydrogens is 717 g/mol. The number of para-hydroxylation sites is 2. The van der Waals surface area contributed by atoms with Crippen LogP contribution in [0.3, 0.4) is 0 Å². The number of furan rings is 1. The van der Waals surface area contributed by atoms with Crippen molar-refractivity contribution < 1.29 is 4.42 Å². The van der Waals surface area contributed by atoms with Crippen LogP contribution in [0.2, 0.25) is 0 Å². The minimum absolute atomic E-state index is 0.599. The molecule has 6 heteroatoms. The van der Waals surface area contributed by atoms with E-state index in [-0.39, 0.29) is 0 Å². The Labute approximate surface area is 330 Å². The first-order valence-corrected chi connectivity index (χ1v) is 19.8. The minimum atomic E-state index is 0.599. The molecule has 0 bridgehead atoms. The predicted octanol–water partition coefficient (Wildman–Crippen LogP) is 13.9. The summed E-state index contributed by atoms with van der Waals surface area (Å²) in [6.07, 6.45) is 0. The summed E-state index contributed by atoms with van der Waals surface area (Å²) in [5.74, 6) is 1.85. The van der Waals surface area contributed by atoms with Crippen molar-refractivity contribution in [3.8, 4) is 51.0 Å². The standard InChI is InChI=1S/C51H30N4OS/c1-3-15-31(16-4-1)49-52-50(32-17-5-2-6-18-32)54-51(53-49)38-24-13-29-43-47(38)46-35(21-12-28-42(46)56-43)36-22-11-23-37-45-41(27-14-30-44(45)57-48(36)37)55-39-25-9-7-19-33(39)34-20-8-10-26-40(34)55/h1-30H. The fourth-order valence-electron chi connectivity index (χ4n) is 8.62. The van der Waals surface area contributed by atoms with E-state index in [1.54, 1.807) is 0 Å². The van der Waals surface area contributed by atoms with Gasteiger partial charge in [-0.25, -0.2) is 15.0 Å². The summed E-state index contributed by atoms with van der Waals surface area (Å²) in [7, 11) is 0. The third-order valence-corrected chi connectivity index (χ3v) is 12.3. The monoisotopic (exact) mass is 746 g/mol. The fraction of sp³-hybridized carbons (Fsp3) is 0. The Morgan fingerprint density at radius 3 is 1.56 bits per heavy atom. The zero-order chi connectivity index (χ0) is 37.5. The zero-order valence-corrected chi connectivity index (χ0v) is 31.2. The van der Waals surface area contributed by atoms with E-state index >= 15 is 0 Å². The van der Waals surface area contributed by atoms with E-state index in [2.05, 4.69) is 114 Å². The van der Waals surface area contributed by atoms with Gasteiger partial charge in [0.05, 0.1) is 16.7 Å². The van der Waals surface area contributed by atoms with Crippen molar-refractivity contribution in [3.05, 3.63) is 182 Å². The van der Waals surface area contributed by atoms with Gasteiger partial charge >= 0.3 is 0 Å². The molecule has 12 aromatic rings. The van der Waals surface area contributed by atoms with Crippen LogP contribution in [0, 0.1) is 0 Å². The second-order valence-corrected chi connectivity index (χ2v) is 15.4. The van der Waals surface area contributed by atoms with Crippen LogP contribution in [0.4, 0.5) is 0 Å². The summed E-state index contributed by atoms with van der Waals surface area (Å²) >= 11 is 1.84. The molecule has 0 aliphatic heterocycles. The second kappa shape index (κ2) is 12.6. The number of nitrogens with zero attached hydrogens (tertiary/aromatic N) is 4. The molecule has 12 rings (SSSR count). The van der Waals surface area contributed by atoms with Gasteiger partial charge in [0.1, 0.15) is 11.2 Å². The van der Waals surface area contributed by atoms with Crippen LogP contribution in [-0.4, -0.2) is 19.5 Å². The molecular formula is C51H30N4OS. The first kappa shape index (κ1) is 31.9. The van der Waals surface area contributed by atoms with Gasteiger partial charge in [0.15, 0.2) is 17.5 Å². The molecule has 0 aliphatic carbocycles. The summed E-state index contributed by atoms with van der Waals surface area (Å²) in [6.45, 7) is 0. The van der Waals surface area contributed by atoms with E-state index in [1.165, 1.54) is 47.7 Å². The number of benzene rings is 8. The van der Waals surface area contributed by atoms with Gasteiger partial charge in [0.2, 0.25) is 0 Å². The topological polar surface area (TPSA) is 56.7 Å². The Morgan fingerprint density at radius 1 is 0.386 bits per heavy atom. The molecule has 0 aliphatic rings. The van der Waals surface area contributed by atoms with Gasteiger partial charge in [-0.1, -0.05) is 146 Å². The molecule has 0 saturated carbocycles. The van der Waals surface area contributed by atoms with E-state index < -0.39 is 0 Å². The predicted molar refractivity (Wildman–Crippen MR) is 236 cm³/mol. The smallest absolute Gasteiger partial charge is 0.164 e. The maximum atomic E-state index is 6.66. The molecule has 0 unspecified atom stereocenters. The van der Waals surface area contributed by atoms with E-state index in [0.717, 1.165) is 49.8 Å². The van der Waals surface area contributed by atoms with E-state index in [9.17, 15) is 0 Å². The molecule has 0 saturated heterocycles.